The lowest BCUT2D eigenvalue weighted by Crippen LogP contribution is -2.43. The van der Waals surface area contributed by atoms with Crippen LogP contribution in [-0.4, -0.2) is 40.9 Å². The van der Waals surface area contributed by atoms with E-state index in [9.17, 15) is 4.79 Å². The number of carbonyl (C=O) groups is 1. The maximum Gasteiger partial charge on any atom is 0.233 e. The maximum atomic E-state index is 11.8. The quantitative estimate of drug-likeness (QED) is 0.586. The minimum absolute atomic E-state index is 0.108. The summed E-state index contributed by atoms with van der Waals surface area (Å²) >= 11 is 1.28. The van der Waals surface area contributed by atoms with Gasteiger partial charge in [0.2, 0.25) is 5.91 Å². The van der Waals surface area contributed by atoms with E-state index in [0.29, 0.717) is 10.9 Å². The van der Waals surface area contributed by atoms with Crippen LogP contribution in [0.4, 0.5) is 0 Å². The Morgan fingerprint density at radius 3 is 2.13 bits per heavy atom. The molecule has 88 valence electrons. The highest BCUT2D eigenvalue weighted by molar-refractivity contribution is 8.14. The fourth-order valence-corrected chi connectivity index (χ4v) is 2.00. The molecule has 0 rings (SSSR count). The van der Waals surface area contributed by atoms with Crippen LogP contribution >= 0.6 is 11.8 Å². The summed E-state index contributed by atoms with van der Waals surface area (Å²) in [5, 5.41) is 0.454. The van der Waals surface area contributed by atoms with Crippen LogP contribution in [0.15, 0.2) is 4.99 Å². The zero-order valence-corrected chi connectivity index (χ0v) is 11.0. The van der Waals surface area contributed by atoms with E-state index >= 15 is 0 Å². The molecule has 0 saturated heterocycles. The van der Waals surface area contributed by atoms with Crippen molar-refractivity contribution >= 4 is 22.8 Å². The summed E-state index contributed by atoms with van der Waals surface area (Å²) in [4.78, 5) is 17.5. The van der Waals surface area contributed by atoms with Gasteiger partial charge in [-0.2, -0.15) is 0 Å². The Morgan fingerprint density at radius 2 is 1.80 bits per heavy atom. The van der Waals surface area contributed by atoms with E-state index in [1.54, 1.807) is 7.05 Å². The zero-order chi connectivity index (χ0) is 12.0. The molecule has 0 radical (unpaired) electrons. The number of nitrogens with two attached hydrogens (primary N) is 1. The predicted molar refractivity (Wildman–Crippen MR) is 67.1 cm³/mol. The first-order valence-electron chi connectivity index (χ1n) is 5.06. The minimum Gasteiger partial charge on any atom is -0.379 e. The van der Waals surface area contributed by atoms with Crippen molar-refractivity contribution in [1.29, 1.82) is 0 Å². The third kappa shape index (κ3) is 5.06. The second-order valence-electron chi connectivity index (χ2n) is 3.84. The Kier molecular flexibility index (Phi) is 6.40. The number of amides is 1. The third-order valence-electron chi connectivity index (χ3n) is 1.96. The summed E-state index contributed by atoms with van der Waals surface area (Å²) in [7, 11) is 1.62. The lowest BCUT2D eigenvalue weighted by atomic mass is 10.2. The van der Waals surface area contributed by atoms with Crippen molar-refractivity contribution in [1.82, 2.24) is 4.90 Å². The third-order valence-corrected chi connectivity index (χ3v) is 2.83. The number of hydrogen-bond donors (Lipinski definition) is 1. The van der Waals surface area contributed by atoms with Crippen LogP contribution in [0.25, 0.3) is 0 Å². The van der Waals surface area contributed by atoms with Crippen LogP contribution in [0.1, 0.15) is 27.7 Å². The number of nitrogens with zero attached hydrogens (tertiary/aromatic N) is 2. The van der Waals surface area contributed by atoms with Crippen molar-refractivity contribution in [2.45, 2.75) is 39.8 Å². The zero-order valence-electron chi connectivity index (χ0n) is 10.2. The molecule has 0 saturated carbocycles. The number of aliphatic imine (C=N–C) groups is 1. The largest absolute Gasteiger partial charge is 0.379 e. The van der Waals surface area contributed by atoms with Crippen molar-refractivity contribution < 1.29 is 4.79 Å². The van der Waals surface area contributed by atoms with Crippen molar-refractivity contribution in [3.05, 3.63) is 0 Å². The summed E-state index contributed by atoms with van der Waals surface area (Å²) in [5.74, 6) is 0.469. The highest BCUT2D eigenvalue weighted by Gasteiger charge is 2.19. The van der Waals surface area contributed by atoms with E-state index in [2.05, 4.69) is 4.99 Å². The molecule has 0 spiro atoms. The van der Waals surface area contributed by atoms with E-state index in [1.165, 1.54) is 11.8 Å². The van der Waals surface area contributed by atoms with Gasteiger partial charge in [-0.05, 0) is 27.7 Å². The molecule has 0 aliphatic heterocycles. The van der Waals surface area contributed by atoms with Gasteiger partial charge in [-0.1, -0.05) is 11.8 Å². The molecule has 0 aliphatic rings. The van der Waals surface area contributed by atoms with Crippen LogP contribution in [0.2, 0.25) is 0 Å². The van der Waals surface area contributed by atoms with E-state index < -0.39 is 0 Å². The lowest BCUT2D eigenvalue weighted by Gasteiger charge is -2.30. The van der Waals surface area contributed by atoms with Crippen molar-refractivity contribution in [2.75, 3.05) is 12.8 Å². The van der Waals surface area contributed by atoms with Gasteiger partial charge in [0.05, 0.1) is 5.75 Å². The molecule has 4 nitrogen and oxygen atoms in total. The van der Waals surface area contributed by atoms with Crippen molar-refractivity contribution in [3.8, 4) is 0 Å². The van der Waals surface area contributed by atoms with Crippen LogP contribution in [-0.2, 0) is 4.79 Å². The van der Waals surface area contributed by atoms with Gasteiger partial charge in [0.25, 0.3) is 0 Å². The normalized spacial score (nSPS) is 12.3. The van der Waals surface area contributed by atoms with Crippen LogP contribution in [0, 0.1) is 0 Å². The van der Waals surface area contributed by atoms with Gasteiger partial charge < -0.3 is 10.6 Å². The minimum atomic E-state index is 0.108. The lowest BCUT2D eigenvalue weighted by molar-refractivity contribution is -0.131. The molecule has 0 heterocycles. The predicted octanol–water partition coefficient (Wildman–Crippen LogP) is 1.31. The van der Waals surface area contributed by atoms with Gasteiger partial charge in [-0.3, -0.25) is 9.79 Å². The van der Waals surface area contributed by atoms with E-state index in [-0.39, 0.29) is 18.0 Å². The molecule has 5 heteroatoms. The van der Waals surface area contributed by atoms with Crippen LogP contribution < -0.4 is 5.73 Å². The van der Waals surface area contributed by atoms with Gasteiger partial charge in [-0.15, -0.1) is 0 Å². The highest BCUT2D eigenvalue weighted by atomic mass is 32.2. The Hall–Kier alpha value is -0.710. The number of carbonyl (C=O) groups excluding carboxylic acids is 1. The molecule has 0 bridgehead atoms. The molecule has 2 N–H and O–H groups in total. The second kappa shape index (κ2) is 6.71. The van der Waals surface area contributed by atoms with Gasteiger partial charge in [0.15, 0.2) is 5.17 Å². The van der Waals surface area contributed by atoms with E-state index in [0.717, 1.165) is 0 Å². The number of rotatable bonds is 4. The average Bonchev–Trinajstić information content (AvgIpc) is 2.12. The summed E-state index contributed by atoms with van der Waals surface area (Å²) in [6.45, 7) is 8.05. The number of thioether (sulfide) groups is 1. The van der Waals surface area contributed by atoms with Crippen LogP contribution in [0.5, 0.6) is 0 Å². The molecular formula is C10H21N3OS. The molecule has 1 amide bonds. The summed E-state index contributed by atoms with van der Waals surface area (Å²) in [6.07, 6.45) is 0. The first-order valence-corrected chi connectivity index (χ1v) is 6.04. The first kappa shape index (κ1) is 14.3. The summed E-state index contributed by atoms with van der Waals surface area (Å²) < 4.78 is 0. The van der Waals surface area contributed by atoms with Gasteiger partial charge in [0.1, 0.15) is 0 Å². The Bertz CT molecular complexity index is 231. The summed E-state index contributed by atoms with van der Waals surface area (Å²) in [6, 6.07) is 0.441. The Balaban J connectivity index is 4.28. The van der Waals surface area contributed by atoms with Crippen LogP contribution in [0.3, 0.4) is 0 Å². The molecule has 0 aliphatic carbocycles. The maximum absolute atomic E-state index is 11.8. The van der Waals surface area contributed by atoms with Gasteiger partial charge in [-0.25, -0.2) is 0 Å². The second-order valence-corrected chi connectivity index (χ2v) is 4.83. The van der Waals surface area contributed by atoms with E-state index in [4.69, 9.17) is 5.73 Å². The molecule has 0 aromatic rings. The summed E-state index contributed by atoms with van der Waals surface area (Å²) in [5.41, 5.74) is 5.52. The monoisotopic (exact) mass is 231 g/mol. The van der Waals surface area contributed by atoms with Crippen molar-refractivity contribution in [3.63, 3.8) is 0 Å². The molecule has 0 aromatic carbocycles. The molecule has 0 aromatic heterocycles. The average molecular weight is 231 g/mol. The van der Waals surface area contributed by atoms with Gasteiger partial charge >= 0.3 is 0 Å². The number of amidine groups is 1. The van der Waals surface area contributed by atoms with E-state index in [1.807, 2.05) is 32.6 Å². The smallest absolute Gasteiger partial charge is 0.233 e. The Morgan fingerprint density at radius 1 is 1.33 bits per heavy atom. The standard InChI is InChI=1S/C10H21N3OS/c1-7(2)13(8(3)4)9(14)6-15-10(11)12-5/h7-8H,6H2,1-5H3,(H2,11,12). The SMILES string of the molecule is CN=C(N)SCC(=O)N(C(C)C)C(C)C. The highest BCUT2D eigenvalue weighted by Crippen LogP contribution is 2.09. The Labute approximate surface area is 96.3 Å². The molecular weight excluding hydrogens is 210 g/mol. The molecule has 0 fully saturated rings. The van der Waals surface area contributed by atoms with Gasteiger partial charge in [0, 0.05) is 19.1 Å². The molecule has 0 unspecified atom stereocenters. The molecule has 0 atom stereocenters. The fourth-order valence-electron chi connectivity index (χ4n) is 1.45. The first-order chi connectivity index (χ1) is 6.90. The molecule has 15 heavy (non-hydrogen) atoms. The number of hydrogen-bond acceptors (Lipinski definition) is 3. The van der Waals surface area contributed by atoms with Crippen molar-refractivity contribution in [2.24, 2.45) is 10.7 Å². The topological polar surface area (TPSA) is 58.7 Å². The fraction of sp³-hybridized carbons (Fsp3) is 0.800.